The molecule has 1 aliphatic heterocycles. The minimum atomic E-state index is -0.249. The Morgan fingerprint density at radius 2 is 2.07 bits per heavy atom. The lowest BCUT2D eigenvalue weighted by molar-refractivity contribution is -0.134. The van der Waals surface area contributed by atoms with Crippen molar-refractivity contribution < 1.29 is 4.79 Å². The number of carbonyl (C=O) groups is 1. The van der Waals surface area contributed by atoms with E-state index in [-0.39, 0.29) is 16.7 Å². The van der Waals surface area contributed by atoms with Crippen LogP contribution in [0.3, 0.4) is 0 Å². The molecule has 1 aliphatic rings. The number of hydrogen-bond donors (Lipinski definition) is 0. The van der Waals surface area contributed by atoms with Gasteiger partial charge in [-0.3, -0.25) is 14.2 Å². The average molecular weight is 408 g/mol. The van der Waals surface area contributed by atoms with E-state index in [1.165, 1.54) is 18.2 Å². The van der Waals surface area contributed by atoms with Gasteiger partial charge >= 0.3 is 0 Å². The fraction of sp³-hybridized carbons (Fsp3) is 0.650. The quantitative estimate of drug-likeness (QED) is 0.546. The number of hydrogen-bond acceptors (Lipinski definition) is 5. The molecule has 148 valence electrons. The van der Waals surface area contributed by atoms with E-state index in [2.05, 4.69) is 6.92 Å². The molecule has 1 saturated heterocycles. The molecule has 5 nitrogen and oxygen atoms in total. The predicted octanol–water partition coefficient (Wildman–Crippen LogP) is 4.37. The third kappa shape index (κ3) is 3.81. The normalized spacial score (nSPS) is 18.9. The van der Waals surface area contributed by atoms with Crippen LogP contribution in [-0.2, 0) is 11.3 Å². The molecule has 0 aliphatic carbocycles. The first-order valence-electron chi connectivity index (χ1n) is 9.86. The molecule has 0 spiro atoms. The highest BCUT2D eigenvalue weighted by atomic mass is 32.2. The maximum absolute atomic E-state index is 13.1. The second kappa shape index (κ2) is 8.35. The number of likely N-dealkylation sites (tertiary alicyclic amines) is 1. The van der Waals surface area contributed by atoms with E-state index in [9.17, 15) is 9.59 Å². The standard InChI is InChI=1S/C20H29N3O2S2/c1-6-15-10-8-9-11-23(15)18(24)14(5)27-20-21-17-16(12(3)13(4)26-17)19(25)22(20)7-2/h14-15H,6-11H2,1-5H3. The minimum Gasteiger partial charge on any atom is -0.339 e. The highest BCUT2D eigenvalue weighted by Gasteiger charge is 2.30. The van der Waals surface area contributed by atoms with E-state index in [4.69, 9.17) is 4.98 Å². The molecule has 2 atom stereocenters. The van der Waals surface area contributed by atoms with Crippen LogP contribution in [0.4, 0.5) is 0 Å². The van der Waals surface area contributed by atoms with Crippen LogP contribution in [0.1, 0.15) is 56.9 Å². The van der Waals surface area contributed by atoms with Crippen molar-refractivity contribution in [2.45, 2.75) is 83.3 Å². The monoisotopic (exact) mass is 407 g/mol. The van der Waals surface area contributed by atoms with Gasteiger partial charge < -0.3 is 4.90 Å². The Kier molecular flexibility index (Phi) is 6.31. The van der Waals surface area contributed by atoms with Crippen LogP contribution in [0.2, 0.25) is 0 Å². The first kappa shape index (κ1) is 20.4. The van der Waals surface area contributed by atoms with Crippen LogP contribution in [-0.4, -0.2) is 38.2 Å². The van der Waals surface area contributed by atoms with Crippen LogP contribution in [0.15, 0.2) is 9.95 Å². The Hall–Kier alpha value is -1.34. The number of rotatable bonds is 5. The number of amides is 1. The molecule has 3 heterocycles. The Morgan fingerprint density at radius 3 is 2.74 bits per heavy atom. The summed E-state index contributed by atoms with van der Waals surface area (Å²) in [6.07, 6.45) is 4.38. The highest BCUT2D eigenvalue weighted by molar-refractivity contribution is 8.00. The van der Waals surface area contributed by atoms with Crippen molar-refractivity contribution in [3.8, 4) is 0 Å². The third-order valence-corrected chi connectivity index (χ3v) is 7.76. The summed E-state index contributed by atoms with van der Waals surface area (Å²) in [6, 6.07) is 0.348. The van der Waals surface area contributed by atoms with Crippen LogP contribution >= 0.6 is 23.1 Å². The molecule has 1 fully saturated rings. The molecule has 7 heteroatoms. The number of carbonyl (C=O) groups excluding carboxylic acids is 1. The summed E-state index contributed by atoms with van der Waals surface area (Å²) >= 11 is 2.98. The molecule has 0 N–H and O–H groups in total. The van der Waals surface area contributed by atoms with Crippen molar-refractivity contribution in [1.29, 1.82) is 0 Å². The maximum atomic E-state index is 13.1. The van der Waals surface area contributed by atoms with Crippen LogP contribution in [0.25, 0.3) is 10.2 Å². The van der Waals surface area contributed by atoms with Crippen molar-refractivity contribution in [2.75, 3.05) is 6.54 Å². The maximum Gasteiger partial charge on any atom is 0.263 e. The van der Waals surface area contributed by atoms with Crippen LogP contribution < -0.4 is 5.56 Å². The van der Waals surface area contributed by atoms with Gasteiger partial charge in [0, 0.05) is 24.0 Å². The zero-order valence-electron chi connectivity index (χ0n) is 16.9. The number of aromatic nitrogens is 2. The van der Waals surface area contributed by atoms with E-state index in [1.54, 1.807) is 15.9 Å². The summed E-state index contributed by atoms with van der Waals surface area (Å²) in [4.78, 5) is 34.8. The Bertz CT molecular complexity index is 903. The number of nitrogens with zero attached hydrogens (tertiary/aromatic N) is 3. The SMILES string of the molecule is CCC1CCCCN1C(=O)C(C)Sc1nc2sc(C)c(C)c2c(=O)n1CC. The lowest BCUT2D eigenvalue weighted by Crippen LogP contribution is -2.46. The third-order valence-electron chi connectivity index (χ3n) is 5.58. The molecule has 2 aromatic heterocycles. The van der Waals surface area contributed by atoms with Crippen LogP contribution in [0, 0.1) is 13.8 Å². The van der Waals surface area contributed by atoms with Crippen molar-refractivity contribution in [3.63, 3.8) is 0 Å². The number of thioether (sulfide) groups is 1. The molecular formula is C20H29N3O2S2. The van der Waals surface area contributed by atoms with E-state index in [0.29, 0.717) is 17.7 Å². The van der Waals surface area contributed by atoms with Gasteiger partial charge in [-0.15, -0.1) is 11.3 Å². The molecule has 2 unspecified atom stereocenters. The number of piperidine rings is 1. The van der Waals surface area contributed by atoms with E-state index in [1.807, 2.05) is 32.6 Å². The summed E-state index contributed by atoms with van der Waals surface area (Å²) in [5, 5.41) is 1.13. The second-order valence-electron chi connectivity index (χ2n) is 7.26. The molecule has 27 heavy (non-hydrogen) atoms. The molecule has 2 aromatic rings. The fourth-order valence-electron chi connectivity index (χ4n) is 3.83. The highest BCUT2D eigenvalue weighted by Crippen LogP contribution is 2.31. The van der Waals surface area contributed by atoms with Gasteiger partial charge in [-0.1, -0.05) is 18.7 Å². The number of thiophene rings is 1. The summed E-state index contributed by atoms with van der Waals surface area (Å²) in [5.41, 5.74) is 1.03. The fourth-order valence-corrected chi connectivity index (χ4v) is 5.95. The lowest BCUT2D eigenvalue weighted by Gasteiger charge is -2.36. The van der Waals surface area contributed by atoms with Crippen molar-refractivity contribution in [2.24, 2.45) is 0 Å². The number of fused-ring (bicyclic) bond motifs is 1. The Labute approximate surface area is 169 Å². The Balaban J connectivity index is 1.91. The second-order valence-corrected chi connectivity index (χ2v) is 9.77. The molecule has 0 aromatic carbocycles. The molecular weight excluding hydrogens is 378 g/mol. The topological polar surface area (TPSA) is 55.2 Å². The van der Waals surface area contributed by atoms with Gasteiger partial charge in [0.1, 0.15) is 4.83 Å². The van der Waals surface area contributed by atoms with Gasteiger partial charge in [-0.25, -0.2) is 4.98 Å². The minimum absolute atomic E-state index is 0.0101. The molecule has 0 bridgehead atoms. The summed E-state index contributed by atoms with van der Waals surface area (Å²) in [6.45, 7) is 11.5. The average Bonchev–Trinajstić information content (AvgIpc) is 2.95. The van der Waals surface area contributed by atoms with Gasteiger partial charge in [-0.05, 0) is 58.9 Å². The van der Waals surface area contributed by atoms with Gasteiger partial charge in [0.15, 0.2) is 5.16 Å². The summed E-state index contributed by atoms with van der Waals surface area (Å²) in [5.74, 6) is 0.169. The molecule has 1 amide bonds. The van der Waals surface area contributed by atoms with E-state index < -0.39 is 0 Å². The number of aryl methyl sites for hydroxylation is 2. The van der Waals surface area contributed by atoms with Crippen molar-refractivity contribution >= 4 is 39.2 Å². The zero-order chi connectivity index (χ0) is 19.7. The first-order valence-corrected chi connectivity index (χ1v) is 11.6. The molecule has 0 saturated carbocycles. The van der Waals surface area contributed by atoms with Crippen molar-refractivity contribution in [3.05, 3.63) is 20.8 Å². The smallest absolute Gasteiger partial charge is 0.263 e. The van der Waals surface area contributed by atoms with Gasteiger partial charge in [0.05, 0.1) is 10.6 Å². The summed E-state index contributed by atoms with van der Waals surface area (Å²) in [7, 11) is 0. The first-order chi connectivity index (χ1) is 12.9. The van der Waals surface area contributed by atoms with Crippen LogP contribution in [0.5, 0.6) is 0 Å². The van der Waals surface area contributed by atoms with E-state index in [0.717, 1.165) is 46.5 Å². The van der Waals surface area contributed by atoms with Gasteiger partial charge in [0.2, 0.25) is 5.91 Å². The van der Waals surface area contributed by atoms with Crippen molar-refractivity contribution in [1.82, 2.24) is 14.5 Å². The predicted molar refractivity (Wildman–Crippen MR) is 114 cm³/mol. The zero-order valence-corrected chi connectivity index (χ0v) is 18.5. The molecule has 3 rings (SSSR count). The largest absolute Gasteiger partial charge is 0.339 e. The van der Waals surface area contributed by atoms with Gasteiger partial charge in [-0.2, -0.15) is 0 Å². The molecule has 0 radical (unpaired) electrons. The lowest BCUT2D eigenvalue weighted by atomic mass is 10.00. The van der Waals surface area contributed by atoms with E-state index >= 15 is 0 Å². The Morgan fingerprint density at radius 1 is 1.33 bits per heavy atom. The summed E-state index contributed by atoms with van der Waals surface area (Å²) < 4.78 is 1.71. The van der Waals surface area contributed by atoms with Gasteiger partial charge in [0.25, 0.3) is 5.56 Å².